The Hall–Kier alpha value is -2.76. The highest BCUT2D eigenvalue weighted by Gasteiger charge is 2.59. The average molecular weight is 507 g/mol. The molecule has 37 heavy (non-hydrogen) atoms. The molecule has 1 aromatic carbocycles. The highest BCUT2D eigenvalue weighted by molar-refractivity contribution is 5.84. The molecule has 0 unspecified atom stereocenters. The first-order valence-electron chi connectivity index (χ1n) is 14.0. The number of rotatable bonds is 4. The Labute approximate surface area is 221 Å². The Kier molecular flexibility index (Phi) is 6.88. The average Bonchev–Trinajstić information content (AvgIpc) is 3.21. The molecule has 4 aliphatic carbocycles. The molecule has 2 amide bonds. The summed E-state index contributed by atoms with van der Waals surface area (Å²) >= 11 is 0. The van der Waals surface area contributed by atoms with Crippen molar-refractivity contribution >= 4 is 17.9 Å². The molecular formula is C31H42N2O4. The van der Waals surface area contributed by atoms with Crippen molar-refractivity contribution in [1.29, 1.82) is 0 Å². The number of benzene rings is 1. The topological polar surface area (TPSA) is 67.9 Å². The van der Waals surface area contributed by atoms with E-state index in [1.807, 2.05) is 30.3 Å². The smallest absolute Gasteiger partial charge is 0.411 e. The van der Waals surface area contributed by atoms with Crippen LogP contribution in [0.1, 0.15) is 65.7 Å². The normalized spacial score (nSPS) is 36.2. The van der Waals surface area contributed by atoms with Crippen LogP contribution in [0, 0.1) is 28.6 Å². The third-order valence-corrected chi connectivity index (χ3v) is 10.2. The summed E-state index contributed by atoms with van der Waals surface area (Å²) in [5, 5.41) is 2.82. The molecule has 6 heteroatoms. The summed E-state index contributed by atoms with van der Waals surface area (Å²) in [5.74, 6) is 1.73. The van der Waals surface area contributed by atoms with Gasteiger partial charge in [0, 0.05) is 38.0 Å². The van der Waals surface area contributed by atoms with Gasteiger partial charge in [0.2, 0.25) is 0 Å². The van der Waals surface area contributed by atoms with Crippen LogP contribution in [0.4, 0.5) is 15.3 Å². The molecule has 0 saturated heterocycles. The largest absolute Gasteiger partial charge is 0.446 e. The highest BCUT2D eigenvalue weighted by Crippen LogP contribution is 2.65. The van der Waals surface area contributed by atoms with Crippen molar-refractivity contribution < 1.29 is 19.1 Å². The number of para-hydroxylation sites is 1. The molecule has 0 aliphatic heterocycles. The van der Waals surface area contributed by atoms with Crippen LogP contribution in [0.3, 0.4) is 0 Å². The molecule has 0 heterocycles. The van der Waals surface area contributed by atoms with Gasteiger partial charge in [-0.25, -0.2) is 9.59 Å². The van der Waals surface area contributed by atoms with Gasteiger partial charge in [-0.1, -0.05) is 68.7 Å². The molecule has 1 aromatic rings. The Balaban J connectivity index is 1.42. The van der Waals surface area contributed by atoms with E-state index in [0.29, 0.717) is 35.8 Å². The molecule has 4 aliphatic rings. The van der Waals surface area contributed by atoms with Gasteiger partial charge in [0.1, 0.15) is 12.2 Å². The lowest BCUT2D eigenvalue weighted by Crippen LogP contribution is -2.54. The molecule has 0 spiro atoms. The molecule has 3 fully saturated rings. The summed E-state index contributed by atoms with van der Waals surface area (Å²) in [6, 6.07) is 9.32. The van der Waals surface area contributed by atoms with E-state index in [-0.39, 0.29) is 23.7 Å². The number of hydrogen-bond acceptors (Lipinski definition) is 4. The van der Waals surface area contributed by atoms with Crippen LogP contribution in [0.2, 0.25) is 0 Å². The Bertz CT molecular complexity index is 1100. The summed E-state index contributed by atoms with van der Waals surface area (Å²) in [5.41, 5.74) is 3.56. The van der Waals surface area contributed by atoms with Crippen molar-refractivity contribution in [3.63, 3.8) is 0 Å². The number of nitrogens with zero attached hydrogens (tertiary/aromatic N) is 1. The first-order chi connectivity index (χ1) is 17.7. The van der Waals surface area contributed by atoms with Gasteiger partial charge in [-0.05, 0) is 61.0 Å². The molecule has 5 rings (SSSR count). The number of anilines is 1. The SMILES string of the molecule is CC[C@H]1CC[C@H]2C3=CC=C4C[C@@H](OC(=O)Nc5ccccc5)C[C@H](OC(=O)N(C)C)[C@]4(C)[C@H]3CC[C@]12C. The predicted octanol–water partition coefficient (Wildman–Crippen LogP) is 7.19. The van der Waals surface area contributed by atoms with Crippen molar-refractivity contribution in [3.05, 3.63) is 53.6 Å². The van der Waals surface area contributed by atoms with Crippen LogP contribution in [0.15, 0.2) is 53.6 Å². The highest BCUT2D eigenvalue weighted by atomic mass is 16.6. The lowest BCUT2D eigenvalue weighted by atomic mass is 9.49. The van der Waals surface area contributed by atoms with Crippen molar-refractivity contribution in [2.75, 3.05) is 19.4 Å². The first kappa shape index (κ1) is 25.9. The van der Waals surface area contributed by atoms with E-state index < -0.39 is 6.09 Å². The maximum atomic E-state index is 12.8. The summed E-state index contributed by atoms with van der Waals surface area (Å²) < 4.78 is 12.1. The minimum atomic E-state index is -0.477. The number of amides is 2. The van der Waals surface area contributed by atoms with Crippen LogP contribution in [-0.2, 0) is 9.47 Å². The van der Waals surface area contributed by atoms with Gasteiger partial charge in [-0.15, -0.1) is 0 Å². The second kappa shape index (κ2) is 9.85. The summed E-state index contributed by atoms with van der Waals surface area (Å²) in [6.07, 6.45) is 10.4. The number of hydrogen-bond donors (Lipinski definition) is 1. The summed E-state index contributed by atoms with van der Waals surface area (Å²) in [6.45, 7) is 7.14. The van der Waals surface area contributed by atoms with E-state index in [2.05, 4.69) is 38.2 Å². The fraction of sp³-hybridized carbons (Fsp3) is 0.613. The molecule has 3 saturated carbocycles. The second-order valence-corrected chi connectivity index (χ2v) is 12.2. The second-order valence-electron chi connectivity index (χ2n) is 12.2. The van der Waals surface area contributed by atoms with Crippen LogP contribution in [0.5, 0.6) is 0 Å². The van der Waals surface area contributed by atoms with E-state index in [0.717, 1.165) is 12.3 Å². The van der Waals surface area contributed by atoms with Crippen LogP contribution < -0.4 is 5.32 Å². The third kappa shape index (κ3) is 4.46. The zero-order valence-corrected chi connectivity index (χ0v) is 23.0. The standard InChI is InChI=1S/C31H42N2O4/c1-6-20-13-15-25-24-14-12-21-18-23(36-28(34)32-22-10-8-7-9-11-22)19-27(37-29(35)33(4)5)31(21,3)26(24)16-17-30(20,25)2/h7-12,14,20,23,25-27H,6,13,15-19H2,1-5H3,(H,32,34)/t20-,23+,25-,26-,27-,30+,31-/m0/s1. The number of carbonyl (C=O) groups excluding carboxylic acids is 2. The Morgan fingerprint density at radius 3 is 2.49 bits per heavy atom. The molecule has 0 bridgehead atoms. The van der Waals surface area contributed by atoms with Gasteiger partial charge in [0.15, 0.2) is 0 Å². The van der Waals surface area contributed by atoms with Crippen molar-refractivity contribution in [2.45, 2.75) is 77.9 Å². The fourth-order valence-corrected chi connectivity index (χ4v) is 8.09. The third-order valence-electron chi connectivity index (χ3n) is 10.2. The molecule has 0 aromatic heterocycles. The number of ether oxygens (including phenoxy) is 2. The van der Waals surface area contributed by atoms with Crippen LogP contribution in [0.25, 0.3) is 0 Å². The van der Waals surface area contributed by atoms with Gasteiger partial charge in [0.05, 0.1) is 0 Å². The number of carbonyl (C=O) groups is 2. The van der Waals surface area contributed by atoms with Crippen molar-refractivity contribution in [2.24, 2.45) is 28.6 Å². The molecule has 200 valence electrons. The lowest BCUT2D eigenvalue weighted by molar-refractivity contribution is -0.0661. The van der Waals surface area contributed by atoms with Gasteiger partial charge in [0.25, 0.3) is 0 Å². The Morgan fingerprint density at radius 1 is 1.03 bits per heavy atom. The first-order valence-corrected chi connectivity index (χ1v) is 14.0. The molecule has 1 N–H and O–H groups in total. The molecule has 7 atom stereocenters. The number of fused-ring (bicyclic) bond motifs is 5. The van der Waals surface area contributed by atoms with E-state index in [9.17, 15) is 9.59 Å². The van der Waals surface area contributed by atoms with Crippen molar-refractivity contribution in [3.8, 4) is 0 Å². The minimum Gasteiger partial charge on any atom is -0.446 e. The van der Waals surface area contributed by atoms with Gasteiger partial charge < -0.3 is 14.4 Å². The zero-order chi connectivity index (χ0) is 26.4. The monoisotopic (exact) mass is 506 g/mol. The number of allylic oxidation sites excluding steroid dienone is 3. The maximum absolute atomic E-state index is 12.8. The Morgan fingerprint density at radius 2 is 1.78 bits per heavy atom. The molecule has 0 radical (unpaired) electrons. The lowest BCUT2D eigenvalue weighted by Gasteiger charge is -2.56. The maximum Gasteiger partial charge on any atom is 0.411 e. The molecule has 6 nitrogen and oxygen atoms in total. The van der Waals surface area contributed by atoms with E-state index in [1.165, 1.54) is 36.2 Å². The van der Waals surface area contributed by atoms with Crippen LogP contribution >= 0.6 is 0 Å². The van der Waals surface area contributed by atoms with Gasteiger partial charge in [-0.2, -0.15) is 0 Å². The summed E-state index contributed by atoms with van der Waals surface area (Å²) in [7, 11) is 3.43. The number of nitrogens with one attached hydrogen (secondary N) is 1. The predicted molar refractivity (Wildman–Crippen MR) is 145 cm³/mol. The molecular weight excluding hydrogens is 464 g/mol. The fourth-order valence-electron chi connectivity index (χ4n) is 8.09. The van der Waals surface area contributed by atoms with Crippen LogP contribution in [-0.4, -0.2) is 43.4 Å². The van der Waals surface area contributed by atoms with E-state index in [1.54, 1.807) is 19.7 Å². The van der Waals surface area contributed by atoms with Gasteiger partial charge in [-0.3, -0.25) is 5.32 Å². The van der Waals surface area contributed by atoms with Crippen molar-refractivity contribution in [1.82, 2.24) is 4.90 Å². The summed E-state index contributed by atoms with van der Waals surface area (Å²) in [4.78, 5) is 27.0. The van der Waals surface area contributed by atoms with Gasteiger partial charge >= 0.3 is 12.2 Å². The van der Waals surface area contributed by atoms with E-state index >= 15 is 0 Å². The quantitative estimate of drug-likeness (QED) is 0.469. The minimum absolute atomic E-state index is 0.294. The zero-order valence-electron chi connectivity index (χ0n) is 23.0. The van der Waals surface area contributed by atoms with E-state index in [4.69, 9.17) is 9.47 Å².